The van der Waals surface area contributed by atoms with E-state index in [2.05, 4.69) is 13.8 Å². The second-order valence-electron chi connectivity index (χ2n) is 5.43. The molecular weight excluding hydrogens is 248 g/mol. The third-order valence-electron chi connectivity index (χ3n) is 3.27. The molecule has 20 heavy (non-hydrogen) atoms. The first-order valence-corrected chi connectivity index (χ1v) is 6.94. The molecule has 0 aliphatic heterocycles. The summed E-state index contributed by atoms with van der Waals surface area (Å²) < 4.78 is 0. The molecule has 0 aliphatic carbocycles. The van der Waals surface area contributed by atoms with Gasteiger partial charge >= 0.3 is 0 Å². The number of benzene rings is 2. The number of rotatable bonds is 5. The second kappa shape index (κ2) is 6.49. The Bertz CT molecular complexity index is 573. The predicted molar refractivity (Wildman–Crippen MR) is 80.7 cm³/mol. The molecule has 104 valence electrons. The lowest BCUT2D eigenvalue weighted by molar-refractivity contribution is 0.0746. The molecular formula is C18H20O2. The number of Topliss-reactive ketones (excluding diaryl/α,β-unsaturated/α-hetero) is 1. The zero-order valence-electron chi connectivity index (χ0n) is 11.9. The predicted octanol–water partition coefficient (Wildman–Crippen LogP) is 3.80. The molecule has 2 aromatic carbocycles. The van der Waals surface area contributed by atoms with Crippen LogP contribution in [0.25, 0.3) is 0 Å². The van der Waals surface area contributed by atoms with Crippen molar-refractivity contribution in [2.75, 3.05) is 0 Å². The second-order valence-corrected chi connectivity index (χ2v) is 5.43. The zero-order valence-corrected chi connectivity index (χ0v) is 11.9. The molecule has 0 amide bonds. The van der Waals surface area contributed by atoms with Crippen molar-refractivity contribution in [2.24, 2.45) is 5.92 Å². The zero-order chi connectivity index (χ0) is 14.5. The van der Waals surface area contributed by atoms with E-state index in [1.54, 1.807) is 18.2 Å². The fourth-order valence-corrected chi connectivity index (χ4v) is 2.31. The van der Waals surface area contributed by atoms with Crippen LogP contribution in [0.4, 0.5) is 0 Å². The SMILES string of the molecule is CC(C)Cc1ccccc1C(=O)C(O)c1ccccc1. The molecule has 0 fully saturated rings. The van der Waals surface area contributed by atoms with Crippen LogP contribution in [-0.4, -0.2) is 10.9 Å². The van der Waals surface area contributed by atoms with E-state index in [1.807, 2.05) is 36.4 Å². The minimum Gasteiger partial charge on any atom is -0.380 e. The van der Waals surface area contributed by atoms with Gasteiger partial charge in [-0.15, -0.1) is 0 Å². The van der Waals surface area contributed by atoms with E-state index in [-0.39, 0.29) is 5.78 Å². The Hall–Kier alpha value is -1.93. The van der Waals surface area contributed by atoms with Crippen molar-refractivity contribution in [1.82, 2.24) is 0 Å². The molecule has 1 unspecified atom stereocenters. The summed E-state index contributed by atoms with van der Waals surface area (Å²) in [4.78, 5) is 12.5. The summed E-state index contributed by atoms with van der Waals surface area (Å²) in [6, 6.07) is 16.6. The van der Waals surface area contributed by atoms with Gasteiger partial charge in [0.1, 0.15) is 6.10 Å². The smallest absolute Gasteiger partial charge is 0.196 e. The summed E-state index contributed by atoms with van der Waals surface area (Å²) in [5, 5.41) is 10.3. The summed E-state index contributed by atoms with van der Waals surface area (Å²) >= 11 is 0. The highest BCUT2D eigenvalue weighted by molar-refractivity contribution is 6.01. The largest absolute Gasteiger partial charge is 0.380 e. The van der Waals surface area contributed by atoms with Crippen molar-refractivity contribution in [3.8, 4) is 0 Å². The molecule has 2 heteroatoms. The molecule has 0 heterocycles. The number of carbonyl (C=O) groups excluding carboxylic acids is 1. The Labute approximate surface area is 120 Å². The van der Waals surface area contributed by atoms with Crippen LogP contribution in [0.3, 0.4) is 0 Å². The monoisotopic (exact) mass is 268 g/mol. The Kier molecular flexibility index (Phi) is 4.70. The average Bonchev–Trinajstić information content (AvgIpc) is 2.46. The minimum atomic E-state index is -1.09. The van der Waals surface area contributed by atoms with Gasteiger partial charge in [0, 0.05) is 5.56 Å². The van der Waals surface area contributed by atoms with Crippen molar-refractivity contribution in [2.45, 2.75) is 26.4 Å². The van der Waals surface area contributed by atoms with Crippen LogP contribution < -0.4 is 0 Å². The van der Waals surface area contributed by atoms with Crippen LogP contribution in [0.15, 0.2) is 54.6 Å². The summed E-state index contributed by atoms with van der Waals surface area (Å²) in [5.41, 5.74) is 2.26. The number of ketones is 1. The first-order chi connectivity index (χ1) is 9.59. The lowest BCUT2D eigenvalue weighted by Crippen LogP contribution is -2.15. The maximum atomic E-state index is 12.5. The summed E-state index contributed by atoms with van der Waals surface area (Å²) in [5.74, 6) is 0.241. The molecule has 2 aromatic rings. The van der Waals surface area contributed by atoms with E-state index >= 15 is 0 Å². The Balaban J connectivity index is 2.29. The van der Waals surface area contributed by atoms with Crippen molar-refractivity contribution in [3.63, 3.8) is 0 Å². The van der Waals surface area contributed by atoms with E-state index < -0.39 is 6.10 Å². The first-order valence-electron chi connectivity index (χ1n) is 6.94. The molecule has 1 N–H and O–H groups in total. The minimum absolute atomic E-state index is 0.229. The maximum absolute atomic E-state index is 12.5. The van der Waals surface area contributed by atoms with Crippen LogP contribution in [0.2, 0.25) is 0 Å². The summed E-state index contributed by atoms with van der Waals surface area (Å²) in [6.07, 6.45) is -0.256. The molecule has 2 nitrogen and oxygen atoms in total. The highest BCUT2D eigenvalue weighted by Gasteiger charge is 2.21. The molecule has 1 atom stereocenters. The van der Waals surface area contributed by atoms with Crippen LogP contribution in [0.5, 0.6) is 0 Å². The van der Waals surface area contributed by atoms with Crippen molar-refractivity contribution < 1.29 is 9.90 Å². The van der Waals surface area contributed by atoms with Crippen LogP contribution in [0.1, 0.15) is 41.4 Å². The van der Waals surface area contributed by atoms with E-state index in [0.717, 1.165) is 12.0 Å². The molecule has 0 aliphatic rings. The Morgan fingerprint density at radius 2 is 1.60 bits per heavy atom. The van der Waals surface area contributed by atoms with E-state index in [4.69, 9.17) is 0 Å². The van der Waals surface area contributed by atoms with E-state index in [0.29, 0.717) is 17.0 Å². The fraction of sp³-hybridized carbons (Fsp3) is 0.278. The van der Waals surface area contributed by atoms with Gasteiger partial charge in [-0.3, -0.25) is 4.79 Å². The van der Waals surface area contributed by atoms with Gasteiger partial charge in [-0.2, -0.15) is 0 Å². The number of hydrogen-bond donors (Lipinski definition) is 1. The van der Waals surface area contributed by atoms with Gasteiger partial charge in [-0.25, -0.2) is 0 Å². The Morgan fingerprint density at radius 1 is 1.00 bits per heavy atom. The van der Waals surface area contributed by atoms with Crippen molar-refractivity contribution in [1.29, 1.82) is 0 Å². The highest BCUT2D eigenvalue weighted by Crippen LogP contribution is 2.22. The lowest BCUT2D eigenvalue weighted by atomic mass is 9.92. The van der Waals surface area contributed by atoms with Gasteiger partial charge < -0.3 is 5.11 Å². The van der Waals surface area contributed by atoms with Gasteiger partial charge in [-0.05, 0) is 23.5 Å². The standard InChI is InChI=1S/C18H20O2/c1-13(2)12-15-10-6-7-11-16(15)18(20)17(19)14-8-4-3-5-9-14/h3-11,13,17,19H,12H2,1-2H3. The molecule has 0 radical (unpaired) electrons. The van der Waals surface area contributed by atoms with Crippen LogP contribution >= 0.6 is 0 Å². The molecule has 2 rings (SSSR count). The Morgan fingerprint density at radius 3 is 2.25 bits per heavy atom. The van der Waals surface area contributed by atoms with Gasteiger partial charge in [0.25, 0.3) is 0 Å². The fourth-order valence-electron chi connectivity index (χ4n) is 2.31. The van der Waals surface area contributed by atoms with Crippen LogP contribution in [-0.2, 0) is 6.42 Å². The number of aliphatic hydroxyl groups excluding tert-OH is 1. The van der Waals surface area contributed by atoms with Gasteiger partial charge in [0.2, 0.25) is 0 Å². The quantitative estimate of drug-likeness (QED) is 0.837. The summed E-state index contributed by atoms with van der Waals surface area (Å²) in [7, 11) is 0. The molecule has 0 spiro atoms. The number of aliphatic hydroxyl groups is 1. The molecule has 0 bridgehead atoms. The molecule has 0 saturated carbocycles. The van der Waals surface area contributed by atoms with Gasteiger partial charge in [-0.1, -0.05) is 68.4 Å². The van der Waals surface area contributed by atoms with Gasteiger partial charge in [0.05, 0.1) is 0 Å². The number of carbonyl (C=O) groups is 1. The number of hydrogen-bond acceptors (Lipinski definition) is 2. The maximum Gasteiger partial charge on any atom is 0.196 e. The molecule has 0 saturated heterocycles. The van der Waals surface area contributed by atoms with E-state index in [9.17, 15) is 9.90 Å². The molecule has 0 aromatic heterocycles. The normalized spacial score (nSPS) is 12.4. The third-order valence-corrected chi connectivity index (χ3v) is 3.27. The topological polar surface area (TPSA) is 37.3 Å². The average molecular weight is 268 g/mol. The third kappa shape index (κ3) is 3.34. The van der Waals surface area contributed by atoms with E-state index in [1.165, 1.54) is 0 Å². The van der Waals surface area contributed by atoms with Crippen molar-refractivity contribution in [3.05, 3.63) is 71.3 Å². The lowest BCUT2D eigenvalue weighted by Gasteiger charge is -2.14. The first kappa shape index (κ1) is 14.5. The highest BCUT2D eigenvalue weighted by atomic mass is 16.3. The summed E-state index contributed by atoms with van der Waals surface area (Å²) in [6.45, 7) is 4.24. The van der Waals surface area contributed by atoms with Gasteiger partial charge in [0.15, 0.2) is 5.78 Å². The van der Waals surface area contributed by atoms with Crippen molar-refractivity contribution >= 4 is 5.78 Å². The van der Waals surface area contributed by atoms with Crippen LogP contribution in [0, 0.1) is 5.92 Å².